The summed E-state index contributed by atoms with van der Waals surface area (Å²) < 4.78 is 0. The average molecular weight is 265 g/mol. The van der Waals surface area contributed by atoms with E-state index in [1.807, 2.05) is 24.0 Å². The third-order valence-corrected chi connectivity index (χ3v) is 4.14. The van der Waals surface area contributed by atoms with Crippen LogP contribution in [0.25, 0.3) is 11.3 Å². The highest BCUT2D eigenvalue weighted by Gasteiger charge is 2.06. The highest BCUT2D eigenvalue weighted by molar-refractivity contribution is 7.98. The van der Waals surface area contributed by atoms with Crippen LogP contribution >= 0.6 is 11.8 Å². The maximum absolute atomic E-state index is 3.34. The summed E-state index contributed by atoms with van der Waals surface area (Å²) in [6.07, 6.45) is 2.01. The molecule has 3 rings (SSSR count). The van der Waals surface area contributed by atoms with E-state index in [2.05, 4.69) is 65.6 Å². The largest absolute Gasteiger partial charge is 0.360 e. The average Bonchev–Trinajstić information content (AvgIpc) is 2.95. The Labute approximate surface area is 117 Å². The molecule has 0 aliphatic rings. The molecule has 2 aromatic carbocycles. The van der Waals surface area contributed by atoms with E-state index in [9.17, 15) is 0 Å². The minimum Gasteiger partial charge on any atom is -0.360 e. The summed E-state index contributed by atoms with van der Waals surface area (Å²) in [5.74, 6) is 0.999. The van der Waals surface area contributed by atoms with E-state index in [4.69, 9.17) is 0 Å². The normalized spacial score (nSPS) is 10.5. The maximum atomic E-state index is 3.34. The molecule has 1 N–H and O–H groups in total. The number of nitrogens with one attached hydrogen (secondary N) is 1. The zero-order valence-corrected chi connectivity index (χ0v) is 11.4. The number of rotatable bonds is 4. The van der Waals surface area contributed by atoms with E-state index < -0.39 is 0 Å². The zero-order valence-electron chi connectivity index (χ0n) is 10.5. The predicted octanol–water partition coefficient (Wildman–Crippen LogP) is 4.97. The number of benzene rings is 2. The van der Waals surface area contributed by atoms with Gasteiger partial charge in [0, 0.05) is 16.8 Å². The van der Waals surface area contributed by atoms with Crippen molar-refractivity contribution in [1.82, 2.24) is 4.98 Å². The van der Waals surface area contributed by atoms with Crippen LogP contribution in [-0.2, 0) is 5.75 Å². The van der Waals surface area contributed by atoms with Crippen molar-refractivity contribution in [3.8, 4) is 11.3 Å². The monoisotopic (exact) mass is 265 g/mol. The van der Waals surface area contributed by atoms with Crippen molar-refractivity contribution in [3.63, 3.8) is 0 Å². The summed E-state index contributed by atoms with van der Waals surface area (Å²) in [7, 11) is 0. The van der Waals surface area contributed by atoms with Gasteiger partial charge in [-0.1, -0.05) is 60.7 Å². The first-order valence-electron chi connectivity index (χ1n) is 6.33. The quantitative estimate of drug-likeness (QED) is 0.658. The lowest BCUT2D eigenvalue weighted by Crippen LogP contribution is -1.82. The molecule has 3 aromatic rings. The SMILES string of the molecule is c1ccc(CSc2cc[nH]c2-c2ccccc2)cc1. The molecule has 0 radical (unpaired) electrons. The second-order valence-electron chi connectivity index (χ2n) is 4.36. The highest BCUT2D eigenvalue weighted by Crippen LogP contribution is 2.32. The number of hydrogen-bond acceptors (Lipinski definition) is 1. The third-order valence-electron chi connectivity index (χ3n) is 3.01. The van der Waals surface area contributed by atoms with E-state index in [0.717, 1.165) is 5.75 Å². The fourth-order valence-corrected chi connectivity index (χ4v) is 3.04. The minimum atomic E-state index is 0.999. The van der Waals surface area contributed by atoms with Gasteiger partial charge >= 0.3 is 0 Å². The summed E-state index contributed by atoms with van der Waals surface area (Å²) in [6, 6.07) is 23.2. The standard InChI is InChI=1S/C17H15NS/c1-3-7-14(8-4-1)13-19-16-11-12-18-17(16)15-9-5-2-6-10-15/h1-12,18H,13H2. The molecule has 0 saturated carbocycles. The maximum Gasteiger partial charge on any atom is 0.0592 e. The third kappa shape index (κ3) is 2.91. The Morgan fingerprint density at radius 1 is 0.789 bits per heavy atom. The predicted molar refractivity (Wildman–Crippen MR) is 82.2 cm³/mol. The molecule has 2 heteroatoms. The van der Waals surface area contributed by atoms with Crippen molar-refractivity contribution in [3.05, 3.63) is 78.5 Å². The molecule has 94 valence electrons. The highest BCUT2D eigenvalue weighted by atomic mass is 32.2. The van der Waals surface area contributed by atoms with Crippen LogP contribution in [0.3, 0.4) is 0 Å². The molecule has 1 heterocycles. The zero-order chi connectivity index (χ0) is 12.9. The smallest absolute Gasteiger partial charge is 0.0592 e. The molecule has 1 aromatic heterocycles. The molecule has 0 spiro atoms. The van der Waals surface area contributed by atoms with Gasteiger partial charge in [0.25, 0.3) is 0 Å². The lowest BCUT2D eigenvalue weighted by atomic mass is 10.2. The van der Waals surface area contributed by atoms with Crippen LogP contribution in [0.4, 0.5) is 0 Å². The Morgan fingerprint density at radius 2 is 1.47 bits per heavy atom. The van der Waals surface area contributed by atoms with Gasteiger partial charge in [-0.15, -0.1) is 11.8 Å². The molecule has 0 bridgehead atoms. The Bertz CT molecular complexity index is 629. The number of aromatic nitrogens is 1. The summed E-state index contributed by atoms with van der Waals surface area (Å²) >= 11 is 1.87. The first kappa shape index (κ1) is 12.1. The first-order valence-corrected chi connectivity index (χ1v) is 7.31. The van der Waals surface area contributed by atoms with Crippen molar-refractivity contribution in [2.45, 2.75) is 10.6 Å². The molecular formula is C17H15NS. The Balaban J connectivity index is 1.78. The summed E-state index contributed by atoms with van der Waals surface area (Å²) in [4.78, 5) is 4.64. The molecule has 0 aliphatic heterocycles. The lowest BCUT2D eigenvalue weighted by molar-refractivity contribution is 1.35. The van der Waals surface area contributed by atoms with Gasteiger partial charge in [0.15, 0.2) is 0 Å². The number of aromatic amines is 1. The fraction of sp³-hybridized carbons (Fsp3) is 0.0588. The summed E-state index contributed by atoms with van der Waals surface area (Å²) in [6.45, 7) is 0. The number of H-pyrrole nitrogens is 1. The second kappa shape index (κ2) is 5.81. The Kier molecular flexibility index (Phi) is 3.70. The second-order valence-corrected chi connectivity index (χ2v) is 5.37. The van der Waals surface area contributed by atoms with Crippen LogP contribution in [0.2, 0.25) is 0 Å². The lowest BCUT2D eigenvalue weighted by Gasteiger charge is -2.04. The number of hydrogen-bond donors (Lipinski definition) is 1. The van der Waals surface area contributed by atoms with E-state index in [1.54, 1.807) is 0 Å². The van der Waals surface area contributed by atoms with E-state index >= 15 is 0 Å². The first-order chi connectivity index (χ1) is 9.43. The summed E-state index contributed by atoms with van der Waals surface area (Å²) in [5.41, 5.74) is 3.80. The molecule has 0 unspecified atom stereocenters. The van der Waals surface area contributed by atoms with Gasteiger partial charge < -0.3 is 4.98 Å². The molecule has 0 amide bonds. The molecule has 1 nitrogen and oxygen atoms in total. The number of thioether (sulfide) groups is 1. The van der Waals surface area contributed by atoms with Gasteiger partial charge in [-0.2, -0.15) is 0 Å². The molecule has 19 heavy (non-hydrogen) atoms. The Morgan fingerprint density at radius 3 is 2.21 bits per heavy atom. The van der Waals surface area contributed by atoms with E-state index in [-0.39, 0.29) is 0 Å². The molecule has 0 atom stereocenters. The van der Waals surface area contributed by atoms with Gasteiger partial charge in [0.2, 0.25) is 0 Å². The van der Waals surface area contributed by atoms with Crippen LogP contribution in [0, 0.1) is 0 Å². The summed E-state index contributed by atoms with van der Waals surface area (Å²) in [5, 5.41) is 0. The topological polar surface area (TPSA) is 15.8 Å². The van der Waals surface area contributed by atoms with Crippen molar-refractivity contribution < 1.29 is 0 Å². The van der Waals surface area contributed by atoms with Gasteiger partial charge in [0.1, 0.15) is 0 Å². The van der Waals surface area contributed by atoms with Gasteiger partial charge in [-0.05, 0) is 17.2 Å². The van der Waals surface area contributed by atoms with Crippen LogP contribution in [0.15, 0.2) is 77.8 Å². The van der Waals surface area contributed by atoms with E-state index in [0.29, 0.717) is 0 Å². The molecule has 0 fully saturated rings. The molecule has 0 saturated heterocycles. The Hall–Kier alpha value is -1.93. The van der Waals surface area contributed by atoms with Crippen LogP contribution in [0.5, 0.6) is 0 Å². The van der Waals surface area contributed by atoms with Crippen LogP contribution < -0.4 is 0 Å². The van der Waals surface area contributed by atoms with Crippen LogP contribution in [-0.4, -0.2) is 4.98 Å². The van der Waals surface area contributed by atoms with Crippen molar-refractivity contribution in [1.29, 1.82) is 0 Å². The molecule has 0 aliphatic carbocycles. The molecular weight excluding hydrogens is 250 g/mol. The van der Waals surface area contributed by atoms with Crippen molar-refractivity contribution in [2.75, 3.05) is 0 Å². The van der Waals surface area contributed by atoms with Crippen molar-refractivity contribution >= 4 is 11.8 Å². The van der Waals surface area contributed by atoms with Gasteiger partial charge in [-0.25, -0.2) is 0 Å². The van der Waals surface area contributed by atoms with Gasteiger partial charge in [-0.3, -0.25) is 0 Å². The fourth-order valence-electron chi connectivity index (χ4n) is 2.04. The van der Waals surface area contributed by atoms with Gasteiger partial charge in [0.05, 0.1) is 5.69 Å². The van der Waals surface area contributed by atoms with Crippen LogP contribution in [0.1, 0.15) is 5.56 Å². The van der Waals surface area contributed by atoms with Crippen molar-refractivity contribution in [2.24, 2.45) is 0 Å². The van der Waals surface area contributed by atoms with E-state index in [1.165, 1.54) is 21.7 Å². The minimum absolute atomic E-state index is 0.999.